The van der Waals surface area contributed by atoms with Gasteiger partial charge in [0.15, 0.2) is 0 Å². The second-order valence-corrected chi connectivity index (χ2v) is 26.2. The number of hydrogen-bond donors (Lipinski definition) is 0. The molecule has 220 valence electrons. The Labute approximate surface area is 245 Å². The lowest BCUT2D eigenvalue weighted by molar-refractivity contribution is -0.122. The van der Waals surface area contributed by atoms with Crippen molar-refractivity contribution in [1.29, 1.82) is 0 Å². The molecule has 4 rings (SSSR count). The third-order valence-corrected chi connectivity index (χ3v) is 15.0. The molecular weight excluding hydrogens is 529 g/mol. The molecule has 1 aliphatic carbocycles. The van der Waals surface area contributed by atoms with E-state index in [1.165, 1.54) is 35.2 Å². The first kappa shape index (κ1) is 31.5. The van der Waals surface area contributed by atoms with Gasteiger partial charge in [-0.2, -0.15) is 0 Å². The van der Waals surface area contributed by atoms with Gasteiger partial charge in [0.2, 0.25) is 11.8 Å². The number of para-hydroxylation sites is 1. The Bertz CT molecular complexity index is 1140. The molecule has 2 heterocycles. The van der Waals surface area contributed by atoms with E-state index in [1.807, 2.05) is 30.3 Å². The van der Waals surface area contributed by atoms with Crippen LogP contribution >= 0.6 is 0 Å². The maximum Gasteiger partial charge on any atom is 0.490 e. The molecule has 0 spiro atoms. The van der Waals surface area contributed by atoms with E-state index in [9.17, 15) is 9.59 Å². The van der Waals surface area contributed by atoms with Crippen molar-refractivity contribution < 1.29 is 18.9 Å². The van der Waals surface area contributed by atoms with Crippen molar-refractivity contribution in [1.82, 2.24) is 0 Å². The molecule has 1 aromatic rings. The topological polar surface area (TPSA) is 55.8 Å². The molecule has 40 heavy (non-hydrogen) atoms. The fourth-order valence-corrected chi connectivity index (χ4v) is 12.9. The number of nitrogens with zero attached hydrogens (tertiary/aromatic N) is 1. The minimum Gasteiger partial charge on any atom is -0.400 e. The van der Waals surface area contributed by atoms with Crippen LogP contribution in [0.1, 0.15) is 66.7 Å². The average molecular weight is 582 g/mol. The summed E-state index contributed by atoms with van der Waals surface area (Å²) in [6.07, 6.45) is 5.60. The van der Waals surface area contributed by atoms with Crippen molar-refractivity contribution in [2.75, 3.05) is 4.90 Å². The second-order valence-electron chi connectivity index (χ2n) is 15.5. The average Bonchev–Trinajstić information content (AvgIpc) is 3.21. The summed E-state index contributed by atoms with van der Waals surface area (Å²) in [5.41, 5.74) is 2.41. The molecule has 0 bridgehead atoms. The highest BCUT2D eigenvalue weighted by molar-refractivity contribution is 6.82. The van der Waals surface area contributed by atoms with Gasteiger partial charge in [-0.15, -0.1) is 0 Å². The molecule has 5 nitrogen and oxygen atoms in total. The van der Waals surface area contributed by atoms with Crippen LogP contribution in [0.4, 0.5) is 5.69 Å². The molecule has 3 aliphatic rings. The van der Waals surface area contributed by atoms with Crippen LogP contribution in [0.3, 0.4) is 0 Å². The monoisotopic (exact) mass is 581 g/mol. The Hall–Kier alpha value is -1.48. The standard InChI is InChI=1S/C32H52BNO4Si2/c1-12-13-14-18-21-23-26(33-37-31(2,3)32(4,5)38-33)28(40(9,10)11)25-24(27(23)39(6,7)8)29(35)34(30(25)36)22-19-16-15-17-20-22/h15-17,19-20,24-25,27-28H,12-14,18,21H2,1-11H3/t24-,25+,27+,28+/m0/s1. The van der Waals surface area contributed by atoms with E-state index in [1.54, 1.807) is 0 Å². The predicted octanol–water partition coefficient (Wildman–Crippen LogP) is 8.12. The third kappa shape index (κ3) is 5.50. The molecule has 4 atom stereocenters. The zero-order valence-corrected chi connectivity index (χ0v) is 28.9. The minimum absolute atomic E-state index is 0.00379. The first-order valence-electron chi connectivity index (χ1n) is 15.5. The molecule has 2 fully saturated rings. The largest absolute Gasteiger partial charge is 0.490 e. The smallest absolute Gasteiger partial charge is 0.400 e. The number of benzene rings is 1. The first-order chi connectivity index (χ1) is 18.4. The summed E-state index contributed by atoms with van der Waals surface area (Å²) in [6, 6.07) is 9.56. The summed E-state index contributed by atoms with van der Waals surface area (Å²) >= 11 is 0. The molecule has 0 aromatic heterocycles. The number of allylic oxidation sites excluding steroid dienone is 2. The normalized spacial score (nSPS) is 28.5. The maximum atomic E-state index is 14.5. The molecular formula is C32H52BNO4Si2. The fourth-order valence-electron chi connectivity index (χ4n) is 7.41. The van der Waals surface area contributed by atoms with Crippen LogP contribution in [-0.2, 0) is 18.9 Å². The van der Waals surface area contributed by atoms with E-state index in [-0.39, 0.29) is 34.7 Å². The van der Waals surface area contributed by atoms with Crippen molar-refractivity contribution in [2.45, 2.75) is 128 Å². The van der Waals surface area contributed by atoms with Gasteiger partial charge < -0.3 is 9.31 Å². The summed E-state index contributed by atoms with van der Waals surface area (Å²) in [5.74, 6) is -0.722. The number of carbonyl (C=O) groups excluding carboxylic acids is 2. The zero-order chi connectivity index (χ0) is 29.8. The molecule has 8 heteroatoms. The van der Waals surface area contributed by atoms with E-state index < -0.39 is 34.5 Å². The number of imide groups is 1. The lowest BCUT2D eigenvalue weighted by Gasteiger charge is -2.49. The van der Waals surface area contributed by atoms with Gasteiger partial charge in [0.1, 0.15) is 0 Å². The number of rotatable bonds is 9. The predicted molar refractivity (Wildman–Crippen MR) is 172 cm³/mol. The molecule has 0 radical (unpaired) electrons. The highest BCUT2D eigenvalue weighted by atomic mass is 28.3. The van der Waals surface area contributed by atoms with Gasteiger partial charge in [-0.3, -0.25) is 14.5 Å². The Morgan fingerprint density at radius 3 is 1.75 bits per heavy atom. The van der Waals surface area contributed by atoms with Gasteiger partial charge >= 0.3 is 7.12 Å². The van der Waals surface area contributed by atoms with Gasteiger partial charge in [0, 0.05) is 0 Å². The van der Waals surface area contributed by atoms with Gasteiger partial charge in [-0.25, -0.2) is 0 Å². The summed E-state index contributed by atoms with van der Waals surface area (Å²) in [5, 5.41) is 0. The molecule has 2 amide bonds. The number of hydrogen-bond acceptors (Lipinski definition) is 4. The lowest BCUT2D eigenvalue weighted by Crippen LogP contribution is -2.51. The zero-order valence-electron chi connectivity index (χ0n) is 26.9. The van der Waals surface area contributed by atoms with Gasteiger partial charge in [-0.1, -0.05) is 89.2 Å². The molecule has 0 N–H and O–H groups in total. The number of amides is 2. The van der Waals surface area contributed by atoms with Crippen molar-refractivity contribution in [3.8, 4) is 0 Å². The summed E-state index contributed by atoms with van der Waals surface area (Å²) in [6.45, 7) is 24.9. The Morgan fingerprint density at radius 2 is 1.27 bits per heavy atom. The van der Waals surface area contributed by atoms with Gasteiger partial charge in [0.25, 0.3) is 0 Å². The fraction of sp³-hybridized carbons (Fsp3) is 0.688. The van der Waals surface area contributed by atoms with E-state index in [2.05, 4.69) is 73.9 Å². The SMILES string of the molecule is CCCCCCC1=C(B2OC(C)(C)C(C)(C)O2)[C@H]([Si](C)(C)C)[C@@H]2C(=O)N(c3ccccc3)C(=O)[C@@H]2[C@@H]1[Si](C)(C)C. The van der Waals surface area contributed by atoms with Crippen LogP contribution in [0.15, 0.2) is 41.4 Å². The van der Waals surface area contributed by atoms with Crippen molar-refractivity contribution in [3.05, 3.63) is 41.4 Å². The van der Waals surface area contributed by atoms with E-state index in [0.717, 1.165) is 12.8 Å². The molecule has 0 unspecified atom stereocenters. The molecule has 2 saturated heterocycles. The number of carbonyl (C=O) groups is 2. The first-order valence-corrected chi connectivity index (χ1v) is 22.6. The third-order valence-electron chi connectivity index (χ3n) is 9.88. The quantitative estimate of drug-likeness (QED) is 0.168. The van der Waals surface area contributed by atoms with Gasteiger partial charge in [-0.05, 0) is 69.2 Å². The van der Waals surface area contributed by atoms with Crippen molar-refractivity contribution >= 4 is 40.8 Å². The number of fused-ring (bicyclic) bond motifs is 1. The second kappa shape index (κ2) is 11.0. The number of unbranched alkanes of at least 4 members (excludes halogenated alkanes) is 3. The Balaban J connectivity index is 1.97. The van der Waals surface area contributed by atoms with Crippen LogP contribution in [0.25, 0.3) is 0 Å². The van der Waals surface area contributed by atoms with E-state index >= 15 is 0 Å². The Morgan fingerprint density at radius 1 is 0.775 bits per heavy atom. The lowest BCUT2D eigenvalue weighted by atomic mass is 9.62. The van der Waals surface area contributed by atoms with Gasteiger partial charge in [0.05, 0.1) is 44.9 Å². The highest BCUT2D eigenvalue weighted by Gasteiger charge is 2.66. The van der Waals surface area contributed by atoms with Crippen LogP contribution in [-0.4, -0.2) is 46.3 Å². The highest BCUT2D eigenvalue weighted by Crippen LogP contribution is 2.61. The molecule has 2 aliphatic heterocycles. The Kier molecular flexibility index (Phi) is 8.63. The van der Waals surface area contributed by atoms with Crippen LogP contribution in [0.5, 0.6) is 0 Å². The van der Waals surface area contributed by atoms with Crippen LogP contribution in [0, 0.1) is 11.8 Å². The van der Waals surface area contributed by atoms with Crippen LogP contribution in [0.2, 0.25) is 50.4 Å². The summed E-state index contributed by atoms with van der Waals surface area (Å²) in [4.78, 5) is 30.6. The van der Waals surface area contributed by atoms with E-state index in [0.29, 0.717) is 5.69 Å². The summed E-state index contributed by atoms with van der Waals surface area (Å²) in [7, 11) is -4.53. The number of anilines is 1. The summed E-state index contributed by atoms with van der Waals surface area (Å²) < 4.78 is 13.6. The van der Waals surface area contributed by atoms with Crippen LogP contribution < -0.4 is 4.90 Å². The minimum atomic E-state index is -2.05. The molecule has 0 saturated carbocycles. The van der Waals surface area contributed by atoms with Crippen molar-refractivity contribution in [2.24, 2.45) is 11.8 Å². The van der Waals surface area contributed by atoms with Crippen molar-refractivity contribution in [3.63, 3.8) is 0 Å². The molecule has 1 aromatic carbocycles. The maximum absolute atomic E-state index is 14.5. The van der Waals surface area contributed by atoms with E-state index in [4.69, 9.17) is 9.31 Å².